The summed E-state index contributed by atoms with van der Waals surface area (Å²) in [7, 11) is 1.00. The first kappa shape index (κ1) is 27.0. The molecule has 0 fully saturated rings. The van der Waals surface area contributed by atoms with Crippen LogP contribution in [-0.2, 0) is 4.79 Å². The second kappa shape index (κ2) is 15.6. The van der Waals surface area contributed by atoms with Crippen molar-refractivity contribution in [3.05, 3.63) is 50.7 Å². The zero-order valence-electron chi connectivity index (χ0n) is 12.0. The summed E-state index contributed by atoms with van der Waals surface area (Å²) in [6.07, 6.45) is 0. The second-order valence-corrected chi connectivity index (χ2v) is 2.74. The zero-order chi connectivity index (χ0) is 13.3. The van der Waals surface area contributed by atoms with Crippen molar-refractivity contribution in [2.45, 2.75) is 6.92 Å². The molecule has 1 aromatic rings. The monoisotopic (exact) mass is 386 g/mol. The maximum Gasteiger partial charge on any atom is 4.00 e. The van der Waals surface area contributed by atoms with Crippen LogP contribution in [0.1, 0.15) is 12.5 Å². The molecule has 7 heteroatoms. The minimum atomic E-state index is -1.44. The van der Waals surface area contributed by atoms with Gasteiger partial charge >= 0.3 is 23.9 Å². The number of benzene rings is 1. The van der Waals surface area contributed by atoms with Crippen molar-refractivity contribution in [3.8, 4) is 0 Å². The van der Waals surface area contributed by atoms with Crippen LogP contribution >= 0.6 is 0 Å². The van der Waals surface area contributed by atoms with E-state index in [0.29, 0.717) is 5.56 Å². The van der Waals surface area contributed by atoms with E-state index in [1.54, 1.807) is 30.3 Å². The third kappa shape index (κ3) is 10.5. The van der Waals surface area contributed by atoms with Crippen LogP contribution in [0.3, 0.4) is 0 Å². The minimum Gasteiger partial charge on any atom is -0.857 e. The Morgan fingerprint density at radius 3 is 1.90 bits per heavy atom. The van der Waals surface area contributed by atoms with Gasteiger partial charge in [0.2, 0.25) is 0 Å². The normalized spacial score (nSPS) is 9.75. The molecule has 0 aliphatic carbocycles. The van der Waals surface area contributed by atoms with E-state index in [0.717, 1.165) is 7.11 Å². The number of aliphatic hydroxyl groups is 1. The molecular formula is C13H18N2O4Sn. The van der Waals surface area contributed by atoms with Crippen LogP contribution < -0.4 is 10.2 Å². The van der Waals surface area contributed by atoms with Gasteiger partial charge in [0.05, 0.1) is 11.7 Å². The molecule has 0 atom stereocenters. The van der Waals surface area contributed by atoms with E-state index in [4.69, 9.17) is 5.11 Å². The van der Waals surface area contributed by atoms with E-state index in [-0.39, 0.29) is 44.5 Å². The summed E-state index contributed by atoms with van der Waals surface area (Å²) in [6, 6.07) is 8.24. The molecule has 1 rings (SSSR count). The summed E-state index contributed by atoms with van der Waals surface area (Å²) in [5, 5.41) is 35.0. The number of carboxylic acid groups (broad SMARTS) is 1. The predicted molar refractivity (Wildman–Crippen MR) is 77.8 cm³/mol. The molecule has 108 valence electrons. The van der Waals surface area contributed by atoms with Crippen LogP contribution in [0.25, 0.3) is 0 Å². The number of nitrogens with zero attached hydrogens (tertiary/aromatic N) is 2. The van der Waals surface area contributed by atoms with Gasteiger partial charge in [-0.3, -0.25) is 0 Å². The summed E-state index contributed by atoms with van der Waals surface area (Å²) >= 11 is 0. The molecule has 1 N–H and O–H groups in total. The first-order valence-corrected chi connectivity index (χ1v) is 4.62. The Kier molecular flexibility index (Phi) is 21.1. The smallest absolute Gasteiger partial charge is 0.857 e. The number of aliphatic carboxylic acids is 1. The molecule has 0 spiro atoms. The third-order valence-corrected chi connectivity index (χ3v) is 1.61. The first-order valence-electron chi connectivity index (χ1n) is 4.62. The summed E-state index contributed by atoms with van der Waals surface area (Å²) in [4.78, 5) is 10.2. The van der Waals surface area contributed by atoms with Crippen molar-refractivity contribution in [1.82, 2.24) is 0 Å². The van der Waals surface area contributed by atoms with Gasteiger partial charge in [0.25, 0.3) is 0 Å². The predicted octanol–water partition coefficient (Wildman–Crippen LogP) is -0.952. The first-order chi connectivity index (χ1) is 8.11. The molecule has 1 aromatic carbocycles. The summed E-state index contributed by atoms with van der Waals surface area (Å²) < 4.78 is 0. The van der Waals surface area contributed by atoms with Crippen molar-refractivity contribution in [1.29, 1.82) is 0 Å². The van der Waals surface area contributed by atoms with Gasteiger partial charge in [0, 0.05) is 13.0 Å². The van der Waals surface area contributed by atoms with E-state index < -0.39 is 11.9 Å². The average Bonchev–Trinajstić information content (AvgIpc) is 2.38. The molecule has 6 nitrogen and oxygen atoms in total. The molecule has 0 amide bonds. The molecule has 0 bridgehead atoms. The Bertz CT molecular complexity index is 420. The Morgan fingerprint density at radius 2 is 1.50 bits per heavy atom. The van der Waals surface area contributed by atoms with Crippen LogP contribution in [0.15, 0.2) is 40.5 Å². The molecule has 0 aliphatic rings. The summed E-state index contributed by atoms with van der Waals surface area (Å²) in [5.41, 5.74) is 0.0201. The van der Waals surface area contributed by atoms with Gasteiger partial charge in [-0.2, -0.15) is 10.2 Å². The fraction of sp³-hybridized carbons (Fsp3) is 0.154. The van der Waals surface area contributed by atoms with Gasteiger partial charge in [-0.05, 0) is 12.5 Å². The van der Waals surface area contributed by atoms with Crippen LogP contribution in [-0.4, -0.2) is 53.7 Å². The average molecular weight is 385 g/mol. The Labute approximate surface area is 136 Å². The van der Waals surface area contributed by atoms with Crippen LogP contribution in [0, 0.1) is 14.9 Å². The Morgan fingerprint density at radius 1 is 1.05 bits per heavy atom. The van der Waals surface area contributed by atoms with Crippen LogP contribution in [0.2, 0.25) is 0 Å². The number of hydrogen-bond acceptors (Lipinski definition) is 6. The van der Waals surface area contributed by atoms with Crippen molar-refractivity contribution in [3.63, 3.8) is 0 Å². The SMILES string of the molecule is C/C(=N\N=C(/[O-])c1ccccc1)C(=O)[O-].CO.[CH3-].[CH3-].[Sn+4]. The van der Waals surface area contributed by atoms with E-state index in [9.17, 15) is 15.0 Å². The fourth-order valence-electron chi connectivity index (χ4n) is 0.800. The summed E-state index contributed by atoms with van der Waals surface area (Å²) in [5.74, 6) is -2.03. The maximum absolute atomic E-state index is 11.3. The molecular weight excluding hydrogens is 367 g/mol. The fourth-order valence-corrected chi connectivity index (χ4v) is 0.800. The number of carboxylic acids is 1. The van der Waals surface area contributed by atoms with Gasteiger partial charge in [-0.15, -0.1) is 0 Å². The van der Waals surface area contributed by atoms with E-state index in [2.05, 4.69) is 10.2 Å². The largest absolute Gasteiger partial charge is 4.00 e. The number of hydrogen-bond donors (Lipinski definition) is 1. The van der Waals surface area contributed by atoms with E-state index in [1.807, 2.05) is 0 Å². The molecule has 0 saturated carbocycles. The van der Waals surface area contributed by atoms with Gasteiger partial charge in [-0.25, -0.2) is 0 Å². The van der Waals surface area contributed by atoms with E-state index >= 15 is 0 Å². The topological polar surface area (TPSA) is 108 Å². The number of carbonyl (C=O) groups is 1. The third-order valence-electron chi connectivity index (χ3n) is 1.61. The molecule has 20 heavy (non-hydrogen) atoms. The Hall–Kier alpha value is -1.41. The minimum absolute atomic E-state index is 0. The molecule has 0 unspecified atom stereocenters. The zero-order valence-corrected chi connectivity index (χ0v) is 14.8. The van der Waals surface area contributed by atoms with Crippen molar-refractivity contribution in [2.24, 2.45) is 10.2 Å². The van der Waals surface area contributed by atoms with Crippen molar-refractivity contribution in [2.75, 3.05) is 7.11 Å². The Balaban J connectivity index is -0.000000244. The van der Waals surface area contributed by atoms with Crippen LogP contribution in [0.4, 0.5) is 0 Å². The standard InChI is InChI=1S/C10H10N2O3.CH4O.2CH3.Sn/c1-7(10(14)15)11-12-9(13)8-5-3-2-4-6-8;1-2;;;/h2-6H,1H3,(H,12,13)(H,14,15);2H,1H3;2*1H3;/q;;2*-1;+4/p-2/b11-7+;;;;. The number of rotatable bonds is 3. The maximum atomic E-state index is 11.3. The van der Waals surface area contributed by atoms with E-state index in [1.165, 1.54) is 6.92 Å². The van der Waals surface area contributed by atoms with Crippen LogP contribution in [0.5, 0.6) is 0 Å². The molecule has 0 heterocycles. The molecule has 0 aromatic heterocycles. The molecule has 0 saturated heterocycles. The van der Waals surface area contributed by atoms with Gasteiger partial charge in [0.1, 0.15) is 0 Å². The van der Waals surface area contributed by atoms with Gasteiger partial charge in [-0.1, -0.05) is 30.3 Å². The number of aliphatic hydroxyl groups excluding tert-OH is 1. The molecule has 0 aliphatic heterocycles. The second-order valence-electron chi connectivity index (χ2n) is 2.74. The van der Waals surface area contributed by atoms with Crippen molar-refractivity contribution >= 4 is 41.5 Å². The quantitative estimate of drug-likeness (QED) is 0.238. The van der Waals surface area contributed by atoms with Gasteiger partial charge < -0.3 is 35.0 Å². The number of carbonyl (C=O) groups excluding carboxylic acids is 1. The van der Waals surface area contributed by atoms with Gasteiger partial charge in [0.15, 0.2) is 0 Å². The van der Waals surface area contributed by atoms with Crippen molar-refractivity contribution < 1.29 is 20.1 Å². The molecule has 0 radical (unpaired) electrons. The summed E-state index contributed by atoms with van der Waals surface area (Å²) in [6.45, 7) is 1.21.